The topological polar surface area (TPSA) is 37.3 Å². The maximum absolute atomic E-state index is 10.7. The number of carboxylic acids is 1. The fraction of sp³-hybridized carbons (Fsp3) is 0.182. The molecule has 0 spiro atoms. The van der Waals surface area contributed by atoms with Crippen molar-refractivity contribution in [3.63, 3.8) is 0 Å². The minimum atomic E-state index is -0.852. The summed E-state index contributed by atoms with van der Waals surface area (Å²) in [6.07, 6.45) is 1.90. The predicted octanol–water partition coefficient (Wildman–Crippen LogP) is 2.77. The minimum absolute atomic E-state index is 0.454. The summed E-state index contributed by atoms with van der Waals surface area (Å²) in [6, 6.07) is 7.14. The van der Waals surface area contributed by atoms with Crippen molar-refractivity contribution in [2.75, 3.05) is 0 Å². The average molecular weight is 211 g/mol. The summed E-state index contributed by atoms with van der Waals surface area (Å²) in [5.74, 6) is -1.38. The first-order valence-electron chi connectivity index (χ1n) is 4.23. The van der Waals surface area contributed by atoms with E-state index in [2.05, 4.69) is 6.58 Å². The highest BCUT2D eigenvalue weighted by Gasteiger charge is 2.13. The fourth-order valence-corrected chi connectivity index (χ4v) is 1.27. The summed E-state index contributed by atoms with van der Waals surface area (Å²) >= 11 is 5.71. The van der Waals surface area contributed by atoms with Gasteiger partial charge in [0, 0.05) is 5.02 Å². The van der Waals surface area contributed by atoms with Gasteiger partial charge in [0.15, 0.2) is 0 Å². The van der Waals surface area contributed by atoms with E-state index in [9.17, 15) is 4.79 Å². The summed E-state index contributed by atoms with van der Waals surface area (Å²) in [4.78, 5) is 10.7. The Morgan fingerprint density at radius 3 is 2.50 bits per heavy atom. The lowest BCUT2D eigenvalue weighted by molar-refractivity contribution is -0.140. The van der Waals surface area contributed by atoms with Crippen molar-refractivity contribution in [3.8, 4) is 0 Å². The van der Waals surface area contributed by atoms with Crippen molar-refractivity contribution in [1.82, 2.24) is 0 Å². The van der Waals surface area contributed by atoms with E-state index in [0.717, 1.165) is 5.56 Å². The molecular formula is C11H11ClO2. The Morgan fingerprint density at radius 1 is 1.50 bits per heavy atom. The zero-order chi connectivity index (χ0) is 10.6. The molecule has 1 N–H and O–H groups in total. The van der Waals surface area contributed by atoms with E-state index >= 15 is 0 Å². The molecule has 1 aromatic rings. The number of benzene rings is 1. The Kier molecular flexibility index (Phi) is 3.72. The third-order valence-electron chi connectivity index (χ3n) is 1.97. The van der Waals surface area contributed by atoms with Gasteiger partial charge in [0.1, 0.15) is 0 Å². The second kappa shape index (κ2) is 4.82. The number of halogens is 1. The number of carboxylic acid groups (broad SMARTS) is 1. The molecule has 1 rings (SSSR count). The molecule has 3 heteroatoms. The Morgan fingerprint density at radius 2 is 2.07 bits per heavy atom. The summed E-state index contributed by atoms with van der Waals surface area (Å²) in [5, 5.41) is 9.44. The molecule has 0 aromatic heterocycles. The van der Waals surface area contributed by atoms with Crippen molar-refractivity contribution < 1.29 is 9.90 Å². The van der Waals surface area contributed by atoms with Gasteiger partial charge in [-0.2, -0.15) is 0 Å². The van der Waals surface area contributed by atoms with Crippen LogP contribution in [0.25, 0.3) is 0 Å². The van der Waals surface area contributed by atoms with Crippen LogP contribution in [-0.2, 0) is 11.2 Å². The van der Waals surface area contributed by atoms with Gasteiger partial charge in [0.25, 0.3) is 0 Å². The van der Waals surface area contributed by atoms with E-state index in [1.165, 1.54) is 6.08 Å². The normalized spacial score (nSPS) is 12.1. The number of rotatable bonds is 4. The Bertz CT molecular complexity index is 330. The lowest BCUT2D eigenvalue weighted by Crippen LogP contribution is -2.13. The van der Waals surface area contributed by atoms with E-state index in [1.807, 2.05) is 12.1 Å². The molecule has 0 saturated heterocycles. The van der Waals surface area contributed by atoms with Crippen LogP contribution in [0.15, 0.2) is 36.9 Å². The van der Waals surface area contributed by atoms with Gasteiger partial charge in [0.2, 0.25) is 0 Å². The summed E-state index contributed by atoms with van der Waals surface area (Å²) in [5.41, 5.74) is 0.946. The van der Waals surface area contributed by atoms with Gasteiger partial charge >= 0.3 is 5.97 Å². The lowest BCUT2D eigenvalue weighted by atomic mass is 10.00. The minimum Gasteiger partial charge on any atom is -0.481 e. The molecule has 0 radical (unpaired) electrons. The summed E-state index contributed by atoms with van der Waals surface area (Å²) < 4.78 is 0. The van der Waals surface area contributed by atoms with Crippen LogP contribution in [0.3, 0.4) is 0 Å². The maximum atomic E-state index is 10.7. The molecule has 0 aliphatic rings. The van der Waals surface area contributed by atoms with Gasteiger partial charge in [-0.15, -0.1) is 6.58 Å². The average Bonchev–Trinajstić information content (AvgIpc) is 2.16. The van der Waals surface area contributed by atoms with Crippen molar-refractivity contribution in [2.45, 2.75) is 6.42 Å². The molecule has 14 heavy (non-hydrogen) atoms. The molecule has 0 amide bonds. The van der Waals surface area contributed by atoms with Crippen molar-refractivity contribution >= 4 is 17.6 Å². The van der Waals surface area contributed by atoms with Crippen LogP contribution in [0.2, 0.25) is 5.02 Å². The third kappa shape index (κ3) is 2.89. The molecule has 74 valence electrons. The van der Waals surface area contributed by atoms with Gasteiger partial charge in [-0.1, -0.05) is 29.8 Å². The molecule has 1 unspecified atom stereocenters. The monoisotopic (exact) mass is 210 g/mol. The second-order valence-corrected chi connectivity index (χ2v) is 3.45. The molecule has 0 aliphatic heterocycles. The smallest absolute Gasteiger partial charge is 0.310 e. The molecule has 0 heterocycles. The van der Waals surface area contributed by atoms with E-state index in [0.29, 0.717) is 11.4 Å². The first kappa shape index (κ1) is 10.8. The largest absolute Gasteiger partial charge is 0.481 e. The zero-order valence-corrected chi connectivity index (χ0v) is 8.37. The van der Waals surface area contributed by atoms with Gasteiger partial charge in [-0.05, 0) is 24.1 Å². The highest BCUT2D eigenvalue weighted by molar-refractivity contribution is 6.30. The standard InChI is InChI=1S/C11H11ClO2/c1-2-9(11(13)14)7-8-3-5-10(12)6-4-8/h2-6,9H,1,7H2,(H,13,14). The predicted molar refractivity (Wildman–Crippen MR) is 56.5 cm³/mol. The molecule has 0 saturated carbocycles. The fourth-order valence-electron chi connectivity index (χ4n) is 1.15. The van der Waals surface area contributed by atoms with Crippen LogP contribution in [-0.4, -0.2) is 11.1 Å². The van der Waals surface area contributed by atoms with Crippen molar-refractivity contribution in [1.29, 1.82) is 0 Å². The van der Waals surface area contributed by atoms with Gasteiger partial charge in [-0.3, -0.25) is 4.79 Å². The molecule has 1 atom stereocenters. The van der Waals surface area contributed by atoms with Crippen LogP contribution in [0, 0.1) is 5.92 Å². The van der Waals surface area contributed by atoms with E-state index in [-0.39, 0.29) is 0 Å². The Balaban J connectivity index is 2.72. The number of hydrogen-bond donors (Lipinski definition) is 1. The quantitative estimate of drug-likeness (QED) is 0.776. The highest BCUT2D eigenvalue weighted by atomic mass is 35.5. The number of aliphatic carboxylic acids is 1. The molecule has 2 nitrogen and oxygen atoms in total. The van der Waals surface area contributed by atoms with Crippen molar-refractivity contribution in [2.24, 2.45) is 5.92 Å². The van der Waals surface area contributed by atoms with E-state index < -0.39 is 11.9 Å². The molecule has 0 fully saturated rings. The molecule has 1 aromatic carbocycles. The highest BCUT2D eigenvalue weighted by Crippen LogP contribution is 2.14. The second-order valence-electron chi connectivity index (χ2n) is 3.01. The first-order chi connectivity index (χ1) is 6.63. The van der Waals surface area contributed by atoms with E-state index in [4.69, 9.17) is 16.7 Å². The summed E-state index contributed by atoms with van der Waals surface area (Å²) in [6.45, 7) is 3.49. The van der Waals surface area contributed by atoms with Gasteiger partial charge in [0.05, 0.1) is 5.92 Å². The van der Waals surface area contributed by atoms with Crippen LogP contribution < -0.4 is 0 Å². The van der Waals surface area contributed by atoms with Crippen molar-refractivity contribution in [3.05, 3.63) is 47.5 Å². The number of carbonyl (C=O) groups is 1. The Labute approximate surface area is 87.8 Å². The van der Waals surface area contributed by atoms with Gasteiger partial charge < -0.3 is 5.11 Å². The van der Waals surface area contributed by atoms with E-state index in [1.54, 1.807) is 12.1 Å². The Hall–Kier alpha value is -1.28. The zero-order valence-electron chi connectivity index (χ0n) is 7.61. The lowest BCUT2D eigenvalue weighted by Gasteiger charge is -2.06. The SMILES string of the molecule is C=CC(Cc1ccc(Cl)cc1)C(=O)O. The maximum Gasteiger partial charge on any atom is 0.310 e. The van der Waals surface area contributed by atoms with Crippen LogP contribution in [0.4, 0.5) is 0 Å². The number of hydrogen-bond acceptors (Lipinski definition) is 1. The third-order valence-corrected chi connectivity index (χ3v) is 2.22. The van der Waals surface area contributed by atoms with Gasteiger partial charge in [-0.25, -0.2) is 0 Å². The van der Waals surface area contributed by atoms with Crippen LogP contribution in [0.1, 0.15) is 5.56 Å². The summed E-state index contributed by atoms with van der Waals surface area (Å²) in [7, 11) is 0. The van der Waals surface area contributed by atoms with Crippen LogP contribution in [0.5, 0.6) is 0 Å². The van der Waals surface area contributed by atoms with Crippen LogP contribution >= 0.6 is 11.6 Å². The first-order valence-corrected chi connectivity index (χ1v) is 4.61. The molecule has 0 bridgehead atoms. The molecular weight excluding hydrogens is 200 g/mol. The molecule has 0 aliphatic carbocycles.